The molecular weight excluding hydrogens is 406 g/mol. The second kappa shape index (κ2) is 9.57. The number of likely N-dealkylation sites (tertiary alicyclic amines) is 1. The maximum Gasteiger partial charge on any atom is 0.290 e. The zero-order chi connectivity index (χ0) is 21.9. The van der Waals surface area contributed by atoms with E-state index in [1.807, 2.05) is 0 Å². The summed E-state index contributed by atoms with van der Waals surface area (Å²) in [6.07, 6.45) is 11.6. The van der Waals surface area contributed by atoms with Crippen LogP contribution in [0.2, 0.25) is 0 Å². The number of nitrogens with one attached hydrogen (secondary N) is 1. The van der Waals surface area contributed by atoms with Crippen LogP contribution >= 0.6 is 0 Å². The van der Waals surface area contributed by atoms with Crippen LogP contribution in [0.15, 0.2) is 15.4 Å². The Labute approximate surface area is 188 Å². The molecule has 1 N–H and O–H groups in total. The highest BCUT2D eigenvalue weighted by Crippen LogP contribution is 2.24. The van der Waals surface area contributed by atoms with Crippen molar-refractivity contribution in [3.63, 3.8) is 0 Å². The Morgan fingerprint density at radius 3 is 2.75 bits per heavy atom. The van der Waals surface area contributed by atoms with Gasteiger partial charge < -0.3 is 9.84 Å². The van der Waals surface area contributed by atoms with E-state index in [4.69, 9.17) is 4.52 Å². The second-order valence-electron chi connectivity index (χ2n) is 9.42. The lowest BCUT2D eigenvalue weighted by Crippen LogP contribution is -2.48. The lowest BCUT2D eigenvalue weighted by molar-refractivity contribution is 0.0872. The van der Waals surface area contributed by atoms with Crippen molar-refractivity contribution in [2.45, 2.75) is 83.2 Å². The first-order valence-electron chi connectivity index (χ1n) is 12.3. The summed E-state index contributed by atoms with van der Waals surface area (Å²) in [5, 5.41) is 11.9. The first kappa shape index (κ1) is 21.4. The van der Waals surface area contributed by atoms with Crippen LogP contribution in [0.1, 0.15) is 78.0 Å². The summed E-state index contributed by atoms with van der Waals surface area (Å²) in [5.74, 6) is 0.241. The molecule has 0 aromatic carbocycles. The van der Waals surface area contributed by atoms with Crippen molar-refractivity contribution in [1.82, 2.24) is 25.2 Å². The lowest BCUT2D eigenvalue weighted by atomic mass is 9.96. The molecule has 32 heavy (non-hydrogen) atoms. The van der Waals surface area contributed by atoms with E-state index in [0.29, 0.717) is 18.8 Å². The Morgan fingerprint density at radius 1 is 1.03 bits per heavy atom. The highest BCUT2D eigenvalue weighted by Gasteiger charge is 2.27. The topological polar surface area (TPSA) is 93.3 Å². The van der Waals surface area contributed by atoms with Crippen LogP contribution in [0.3, 0.4) is 0 Å². The number of aryl methyl sites for hydroxylation is 3. The molecule has 2 aliphatic carbocycles. The van der Waals surface area contributed by atoms with Crippen molar-refractivity contribution < 1.29 is 9.32 Å². The molecular formula is C24H33N5O3. The SMILES string of the molecule is O=C(NCC1CCCCN1CCn1nc2c(cc1=O)CCCC2)c1onc2c1CCCC2. The van der Waals surface area contributed by atoms with Crippen molar-refractivity contribution in [2.24, 2.45) is 0 Å². The van der Waals surface area contributed by atoms with E-state index < -0.39 is 0 Å². The summed E-state index contributed by atoms with van der Waals surface area (Å²) >= 11 is 0. The Hall–Kier alpha value is -2.48. The Morgan fingerprint density at radius 2 is 1.84 bits per heavy atom. The van der Waals surface area contributed by atoms with E-state index in [1.165, 1.54) is 0 Å². The normalized spacial score (nSPS) is 21.1. The van der Waals surface area contributed by atoms with E-state index in [-0.39, 0.29) is 17.5 Å². The van der Waals surface area contributed by atoms with Gasteiger partial charge in [-0.15, -0.1) is 0 Å². The molecule has 1 saturated heterocycles. The number of carbonyl (C=O) groups is 1. The van der Waals surface area contributed by atoms with E-state index in [0.717, 1.165) is 106 Å². The maximum atomic E-state index is 12.8. The minimum atomic E-state index is -0.154. The molecule has 0 spiro atoms. The molecule has 0 radical (unpaired) electrons. The molecule has 2 aromatic heterocycles. The number of carbonyl (C=O) groups excluding carboxylic acids is 1. The van der Waals surface area contributed by atoms with Gasteiger partial charge in [0.15, 0.2) is 0 Å². The minimum absolute atomic E-state index is 0.00241. The Balaban J connectivity index is 1.20. The second-order valence-corrected chi connectivity index (χ2v) is 9.42. The zero-order valence-electron chi connectivity index (χ0n) is 18.8. The monoisotopic (exact) mass is 439 g/mol. The highest BCUT2D eigenvalue weighted by molar-refractivity contribution is 5.93. The number of fused-ring (bicyclic) bond motifs is 2. The number of aromatic nitrogens is 3. The molecule has 2 aromatic rings. The summed E-state index contributed by atoms with van der Waals surface area (Å²) in [7, 11) is 0. The van der Waals surface area contributed by atoms with E-state index in [1.54, 1.807) is 10.7 Å². The standard InChI is InChI=1S/C24H33N5O3/c30-22-15-17-7-1-3-10-20(17)26-29(22)14-13-28-12-6-5-8-18(28)16-25-24(31)23-19-9-2-4-11-21(19)27-32-23/h15,18H,1-14,16H2,(H,25,31). The Kier molecular flexibility index (Phi) is 6.39. The van der Waals surface area contributed by atoms with Gasteiger partial charge in [-0.1, -0.05) is 11.6 Å². The number of rotatable bonds is 6. The lowest BCUT2D eigenvalue weighted by Gasteiger charge is -2.35. The molecule has 3 aliphatic rings. The molecule has 1 aliphatic heterocycles. The average Bonchev–Trinajstić information content (AvgIpc) is 3.26. The molecule has 0 bridgehead atoms. The van der Waals surface area contributed by atoms with Crippen LogP contribution in [0, 0.1) is 0 Å². The number of piperidine rings is 1. The van der Waals surface area contributed by atoms with E-state index >= 15 is 0 Å². The van der Waals surface area contributed by atoms with E-state index in [9.17, 15) is 9.59 Å². The third-order valence-electron chi connectivity index (χ3n) is 7.29. The van der Waals surface area contributed by atoms with Gasteiger partial charge in [0, 0.05) is 30.8 Å². The van der Waals surface area contributed by atoms with Crippen LogP contribution in [0.25, 0.3) is 0 Å². The first-order valence-corrected chi connectivity index (χ1v) is 12.3. The third-order valence-corrected chi connectivity index (χ3v) is 7.29. The summed E-state index contributed by atoms with van der Waals surface area (Å²) < 4.78 is 7.02. The molecule has 8 nitrogen and oxygen atoms in total. The third kappa shape index (κ3) is 4.51. The van der Waals surface area contributed by atoms with Crippen molar-refractivity contribution in [1.29, 1.82) is 0 Å². The van der Waals surface area contributed by atoms with Crippen LogP contribution < -0.4 is 10.9 Å². The predicted molar refractivity (Wildman–Crippen MR) is 120 cm³/mol. The molecule has 172 valence electrons. The number of nitrogens with zero attached hydrogens (tertiary/aromatic N) is 4. The van der Waals surface area contributed by atoms with Crippen molar-refractivity contribution >= 4 is 5.91 Å². The molecule has 5 rings (SSSR count). The quantitative estimate of drug-likeness (QED) is 0.742. The van der Waals surface area contributed by atoms with Crippen molar-refractivity contribution in [2.75, 3.05) is 19.6 Å². The van der Waals surface area contributed by atoms with Gasteiger partial charge in [-0.25, -0.2) is 4.68 Å². The fraction of sp³-hybridized carbons (Fsp3) is 0.667. The number of hydrogen-bond donors (Lipinski definition) is 1. The van der Waals surface area contributed by atoms with Crippen LogP contribution in [0.4, 0.5) is 0 Å². The Bertz CT molecular complexity index is 1030. The van der Waals surface area contributed by atoms with Gasteiger partial charge in [-0.2, -0.15) is 5.10 Å². The fourth-order valence-corrected chi connectivity index (χ4v) is 5.43. The van der Waals surface area contributed by atoms with Crippen LogP contribution in [0.5, 0.6) is 0 Å². The van der Waals surface area contributed by atoms with Gasteiger partial charge in [0.1, 0.15) is 0 Å². The molecule has 3 heterocycles. The smallest absolute Gasteiger partial charge is 0.290 e. The van der Waals surface area contributed by atoms with Crippen molar-refractivity contribution in [3.05, 3.63) is 44.7 Å². The maximum absolute atomic E-state index is 12.8. The van der Waals surface area contributed by atoms with E-state index in [2.05, 4.69) is 20.5 Å². The fourth-order valence-electron chi connectivity index (χ4n) is 5.43. The van der Waals surface area contributed by atoms with Gasteiger partial charge in [0.25, 0.3) is 11.5 Å². The van der Waals surface area contributed by atoms with Gasteiger partial charge in [0.05, 0.1) is 17.9 Å². The molecule has 0 saturated carbocycles. The number of amides is 1. The van der Waals surface area contributed by atoms with Gasteiger partial charge in [0.2, 0.25) is 5.76 Å². The summed E-state index contributed by atoms with van der Waals surface area (Å²) in [4.78, 5) is 27.7. The average molecular weight is 440 g/mol. The molecule has 1 unspecified atom stereocenters. The van der Waals surface area contributed by atoms with Crippen molar-refractivity contribution in [3.8, 4) is 0 Å². The van der Waals surface area contributed by atoms with Gasteiger partial charge in [-0.3, -0.25) is 14.5 Å². The van der Waals surface area contributed by atoms with Gasteiger partial charge in [-0.05, 0) is 76.3 Å². The molecule has 1 atom stereocenters. The minimum Gasteiger partial charge on any atom is -0.350 e. The zero-order valence-corrected chi connectivity index (χ0v) is 18.8. The summed E-state index contributed by atoms with van der Waals surface area (Å²) in [5.41, 5.74) is 4.16. The predicted octanol–water partition coefficient (Wildman–Crippen LogP) is 2.27. The molecule has 1 amide bonds. The highest BCUT2D eigenvalue weighted by atomic mass is 16.5. The van der Waals surface area contributed by atoms with Crippen LogP contribution in [-0.2, 0) is 32.2 Å². The van der Waals surface area contributed by atoms with Gasteiger partial charge >= 0.3 is 0 Å². The summed E-state index contributed by atoms with van der Waals surface area (Å²) in [6, 6.07) is 2.05. The first-order chi connectivity index (χ1) is 15.7. The summed E-state index contributed by atoms with van der Waals surface area (Å²) in [6.45, 7) is 2.93. The number of hydrogen-bond acceptors (Lipinski definition) is 6. The molecule has 8 heteroatoms. The van der Waals surface area contributed by atoms with Crippen LogP contribution in [-0.4, -0.2) is 51.4 Å². The largest absolute Gasteiger partial charge is 0.350 e. The molecule has 1 fully saturated rings.